The quantitative estimate of drug-likeness (QED) is 0.427. The SMILES string of the molecule is O=NC1C=CCC2C=NCC=C21. The van der Waals surface area contributed by atoms with Crippen LogP contribution < -0.4 is 0 Å². The molecule has 0 radical (unpaired) electrons. The highest BCUT2D eigenvalue weighted by molar-refractivity contribution is 5.68. The Hall–Kier alpha value is -1.25. The Kier molecular flexibility index (Phi) is 1.86. The van der Waals surface area contributed by atoms with Crippen molar-refractivity contribution in [3.05, 3.63) is 28.7 Å². The smallest absolute Gasteiger partial charge is 0.132 e. The molecule has 2 aliphatic rings. The molecule has 2 atom stereocenters. The number of aliphatic imine (C=N–C) groups is 1. The molecule has 2 unspecified atom stereocenters. The van der Waals surface area contributed by atoms with Gasteiger partial charge in [-0.25, -0.2) is 0 Å². The van der Waals surface area contributed by atoms with Gasteiger partial charge in [-0.3, -0.25) is 4.99 Å². The van der Waals surface area contributed by atoms with Crippen LogP contribution in [0.5, 0.6) is 0 Å². The highest BCUT2D eigenvalue weighted by atomic mass is 16.3. The van der Waals surface area contributed by atoms with Crippen molar-refractivity contribution in [1.82, 2.24) is 0 Å². The van der Waals surface area contributed by atoms with Crippen LogP contribution in [0, 0.1) is 10.8 Å². The third-order valence-corrected chi connectivity index (χ3v) is 2.31. The van der Waals surface area contributed by atoms with Gasteiger partial charge in [-0.15, -0.1) is 4.91 Å². The Morgan fingerprint density at radius 2 is 2.50 bits per heavy atom. The first-order valence-corrected chi connectivity index (χ1v) is 4.11. The number of hydrogen-bond donors (Lipinski definition) is 0. The van der Waals surface area contributed by atoms with E-state index in [9.17, 15) is 4.91 Å². The molecular formula is C9H10N2O. The zero-order valence-corrected chi connectivity index (χ0v) is 6.68. The van der Waals surface area contributed by atoms with E-state index in [1.54, 1.807) is 0 Å². The predicted molar refractivity (Wildman–Crippen MR) is 48.3 cm³/mol. The van der Waals surface area contributed by atoms with Crippen LogP contribution in [-0.4, -0.2) is 18.8 Å². The average Bonchev–Trinajstić information content (AvgIpc) is 2.17. The second kappa shape index (κ2) is 3.01. The van der Waals surface area contributed by atoms with Crippen LogP contribution in [0.15, 0.2) is 34.0 Å². The van der Waals surface area contributed by atoms with Crippen molar-refractivity contribution in [1.29, 1.82) is 0 Å². The maximum atomic E-state index is 10.4. The summed E-state index contributed by atoms with van der Waals surface area (Å²) in [5.41, 5.74) is 1.13. The van der Waals surface area contributed by atoms with E-state index in [1.807, 2.05) is 24.4 Å². The number of allylic oxidation sites excluding steroid dienone is 1. The maximum Gasteiger partial charge on any atom is 0.132 e. The van der Waals surface area contributed by atoms with Crippen molar-refractivity contribution >= 4 is 6.21 Å². The molecule has 12 heavy (non-hydrogen) atoms. The summed E-state index contributed by atoms with van der Waals surface area (Å²) in [7, 11) is 0. The minimum atomic E-state index is -0.240. The van der Waals surface area contributed by atoms with E-state index in [-0.39, 0.29) is 6.04 Å². The number of hydrogen-bond acceptors (Lipinski definition) is 3. The third kappa shape index (κ3) is 1.11. The molecule has 1 aliphatic carbocycles. The Bertz CT molecular complexity index is 278. The van der Waals surface area contributed by atoms with E-state index < -0.39 is 0 Å². The van der Waals surface area contributed by atoms with Crippen LogP contribution in [0.2, 0.25) is 0 Å². The van der Waals surface area contributed by atoms with Crippen molar-refractivity contribution in [2.24, 2.45) is 16.1 Å². The minimum Gasteiger partial charge on any atom is -0.293 e. The highest BCUT2D eigenvalue weighted by Crippen LogP contribution is 2.27. The summed E-state index contributed by atoms with van der Waals surface area (Å²) >= 11 is 0. The van der Waals surface area contributed by atoms with Crippen molar-refractivity contribution in [3.63, 3.8) is 0 Å². The van der Waals surface area contributed by atoms with Crippen LogP contribution in [0.4, 0.5) is 0 Å². The predicted octanol–water partition coefficient (Wildman–Crippen LogP) is 1.71. The van der Waals surface area contributed by atoms with Gasteiger partial charge in [0.2, 0.25) is 0 Å². The van der Waals surface area contributed by atoms with Crippen LogP contribution in [0.1, 0.15) is 6.42 Å². The second-order valence-electron chi connectivity index (χ2n) is 3.04. The summed E-state index contributed by atoms with van der Waals surface area (Å²) in [6, 6.07) is -0.240. The summed E-state index contributed by atoms with van der Waals surface area (Å²) in [6.45, 7) is 0.700. The Balaban J connectivity index is 2.29. The van der Waals surface area contributed by atoms with Crippen LogP contribution in [0.3, 0.4) is 0 Å². The van der Waals surface area contributed by atoms with Crippen molar-refractivity contribution in [2.45, 2.75) is 12.5 Å². The van der Waals surface area contributed by atoms with E-state index in [0.717, 1.165) is 12.0 Å². The number of fused-ring (bicyclic) bond motifs is 1. The van der Waals surface area contributed by atoms with Crippen molar-refractivity contribution < 1.29 is 0 Å². The molecule has 3 nitrogen and oxygen atoms in total. The summed E-state index contributed by atoms with van der Waals surface area (Å²) < 4.78 is 0. The second-order valence-corrected chi connectivity index (χ2v) is 3.04. The third-order valence-electron chi connectivity index (χ3n) is 2.31. The van der Waals surface area contributed by atoms with Gasteiger partial charge in [0.05, 0.1) is 6.54 Å². The van der Waals surface area contributed by atoms with Crippen molar-refractivity contribution in [3.8, 4) is 0 Å². The molecule has 0 aromatic rings. The van der Waals surface area contributed by atoms with Crippen molar-refractivity contribution in [2.75, 3.05) is 6.54 Å². The molecule has 3 heteroatoms. The standard InChI is InChI=1S/C9H10N2O/c12-11-9-3-1-2-7-6-10-5-4-8(7)9/h1,3-4,6-7,9H,2,5H2. The highest BCUT2D eigenvalue weighted by Gasteiger charge is 2.24. The molecule has 1 aliphatic heterocycles. The first-order chi connectivity index (χ1) is 5.92. The van der Waals surface area contributed by atoms with Gasteiger partial charge in [0.25, 0.3) is 0 Å². The van der Waals surface area contributed by atoms with Gasteiger partial charge in [-0.05, 0) is 12.0 Å². The van der Waals surface area contributed by atoms with Gasteiger partial charge < -0.3 is 0 Å². The number of dihydropyridines is 1. The molecular weight excluding hydrogens is 152 g/mol. The Morgan fingerprint density at radius 1 is 1.58 bits per heavy atom. The van der Waals surface area contributed by atoms with Gasteiger partial charge in [0, 0.05) is 12.1 Å². The fourth-order valence-corrected chi connectivity index (χ4v) is 1.68. The zero-order chi connectivity index (χ0) is 8.39. The summed E-state index contributed by atoms with van der Waals surface area (Å²) in [4.78, 5) is 14.6. The van der Waals surface area contributed by atoms with Gasteiger partial charge in [0.1, 0.15) is 6.04 Å². The molecule has 0 aromatic carbocycles. The van der Waals surface area contributed by atoms with Gasteiger partial charge in [0.15, 0.2) is 0 Å². The summed E-state index contributed by atoms with van der Waals surface area (Å²) in [5, 5.41) is 3.07. The molecule has 0 saturated carbocycles. The van der Waals surface area contributed by atoms with E-state index in [4.69, 9.17) is 0 Å². The lowest BCUT2D eigenvalue weighted by molar-refractivity contribution is 0.704. The fourth-order valence-electron chi connectivity index (χ4n) is 1.68. The Morgan fingerprint density at radius 3 is 3.33 bits per heavy atom. The lowest BCUT2D eigenvalue weighted by atomic mass is 9.85. The molecule has 0 fully saturated rings. The monoisotopic (exact) mass is 162 g/mol. The van der Waals surface area contributed by atoms with Gasteiger partial charge in [-0.2, -0.15) is 0 Å². The van der Waals surface area contributed by atoms with Crippen LogP contribution >= 0.6 is 0 Å². The maximum absolute atomic E-state index is 10.4. The number of nitroso groups, excluding NO2 is 1. The fraction of sp³-hybridized carbons (Fsp3) is 0.444. The van der Waals surface area contributed by atoms with E-state index >= 15 is 0 Å². The molecule has 0 saturated heterocycles. The lowest BCUT2D eigenvalue weighted by Crippen LogP contribution is -2.21. The molecule has 0 aromatic heterocycles. The van der Waals surface area contributed by atoms with E-state index in [0.29, 0.717) is 12.5 Å². The molecule has 0 amide bonds. The summed E-state index contributed by atoms with van der Waals surface area (Å²) in [6.07, 6.45) is 8.78. The van der Waals surface area contributed by atoms with E-state index in [2.05, 4.69) is 10.2 Å². The van der Waals surface area contributed by atoms with E-state index in [1.165, 1.54) is 0 Å². The molecule has 0 N–H and O–H groups in total. The molecule has 62 valence electrons. The molecule has 2 rings (SSSR count). The molecule has 0 spiro atoms. The Labute approximate surface area is 70.9 Å². The minimum absolute atomic E-state index is 0.240. The van der Waals surface area contributed by atoms with Gasteiger partial charge in [-0.1, -0.05) is 23.4 Å². The molecule has 0 bridgehead atoms. The van der Waals surface area contributed by atoms with Crippen LogP contribution in [-0.2, 0) is 0 Å². The first kappa shape index (κ1) is 7.40. The normalized spacial score (nSPS) is 32.5. The lowest BCUT2D eigenvalue weighted by Gasteiger charge is -2.23. The van der Waals surface area contributed by atoms with Crippen LogP contribution in [0.25, 0.3) is 0 Å². The largest absolute Gasteiger partial charge is 0.293 e. The average molecular weight is 162 g/mol. The van der Waals surface area contributed by atoms with Gasteiger partial charge >= 0.3 is 0 Å². The topological polar surface area (TPSA) is 41.8 Å². The number of rotatable bonds is 1. The number of nitrogens with zero attached hydrogens (tertiary/aromatic N) is 2. The first-order valence-electron chi connectivity index (χ1n) is 4.11. The zero-order valence-electron chi connectivity index (χ0n) is 6.68. The summed E-state index contributed by atoms with van der Waals surface area (Å²) in [5.74, 6) is 0.325. The molecule has 1 heterocycles.